The number of carbonyl (C=O) groups excluding carboxylic acids is 2. The summed E-state index contributed by atoms with van der Waals surface area (Å²) in [7, 11) is 1.73. The molecule has 4 heteroatoms. The summed E-state index contributed by atoms with van der Waals surface area (Å²) < 4.78 is 5.54. The topological polar surface area (TPSA) is 46.6 Å². The molecule has 1 rings (SSSR count). The van der Waals surface area contributed by atoms with Crippen molar-refractivity contribution in [1.82, 2.24) is 4.90 Å². The Morgan fingerprint density at radius 2 is 1.80 bits per heavy atom. The Morgan fingerprint density at radius 1 is 1.20 bits per heavy atom. The predicted octanol–water partition coefficient (Wildman–Crippen LogP) is 5.30. The van der Waals surface area contributed by atoms with Crippen molar-refractivity contribution < 1.29 is 14.3 Å². The van der Waals surface area contributed by atoms with Gasteiger partial charge in [0.15, 0.2) is 5.78 Å². The fourth-order valence-electron chi connectivity index (χ4n) is 2.69. The van der Waals surface area contributed by atoms with Crippen molar-refractivity contribution in [3.8, 4) is 0 Å². The first-order chi connectivity index (χ1) is 11.7. The minimum Gasteiger partial charge on any atom is -0.444 e. The number of ketones is 1. The monoisotopic (exact) mass is 345 g/mol. The van der Waals surface area contributed by atoms with Gasteiger partial charge in [0, 0.05) is 7.05 Å². The average molecular weight is 345 g/mol. The van der Waals surface area contributed by atoms with E-state index >= 15 is 0 Å². The van der Waals surface area contributed by atoms with Crippen LogP contribution in [0.4, 0.5) is 4.79 Å². The highest BCUT2D eigenvalue weighted by atomic mass is 16.6. The van der Waals surface area contributed by atoms with E-state index < -0.39 is 11.7 Å². The molecule has 0 aliphatic rings. The lowest BCUT2D eigenvalue weighted by Gasteiger charge is -2.32. The van der Waals surface area contributed by atoms with E-state index in [9.17, 15) is 9.59 Å². The maximum atomic E-state index is 12.6. The molecule has 138 valence electrons. The number of allylic oxidation sites excluding steroid dienone is 1. The molecular formula is C21H31NO3. The highest BCUT2D eigenvalue weighted by Crippen LogP contribution is 2.32. The number of rotatable bonds is 7. The minimum absolute atomic E-state index is 0.00961. The molecule has 1 aromatic carbocycles. The summed E-state index contributed by atoms with van der Waals surface area (Å²) in [5.41, 5.74) is 1.34. The summed E-state index contributed by atoms with van der Waals surface area (Å²) in [6.07, 6.45) is 4.02. The van der Waals surface area contributed by atoms with Gasteiger partial charge >= 0.3 is 6.09 Å². The first-order valence-corrected chi connectivity index (χ1v) is 8.87. The molecule has 0 fully saturated rings. The van der Waals surface area contributed by atoms with Gasteiger partial charge in [-0.3, -0.25) is 4.79 Å². The van der Waals surface area contributed by atoms with Crippen molar-refractivity contribution in [2.45, 2.75) is 65.5 Å². The molecular weight excluding hydrogens is 314 g/mol. The molecule has 25 heavy (non-hydrogen) atoms. The zero-order chi connectivity index (χ0) is 19.0. The number of carbonyl (C=O) groups is 2. The van der Waals surface area contributed by atoms with Crippen LogP contribution in [0.1, 0.15) is 65.5 Å². The minimum atomic E-state index is -0.569. The second-order valence-corrected chi connectivity index (χ2v) is 7.34. The van der Waals surface area contributed by atoms with Crippen LogP contribution in [0.5, 0.6) is 0 Å². The first kappa shape index (κ1) is 20.9. The van der Waals surface area contributed by atoms with E-state index in [0.717, 1.165) is 30.4 Å². The number of hydrogen-bond donors (Lipinski definition) is 0. The van der Waals surface area contributed by atoms with Crippen molar-refractivity contribution in [3.05, 3.63) is 47.5 Å². The lowest BCUT2D eigenvalue weighted by molar-refractivity contribution is -0.112. The number of nitrogens with zero attached hydrogens (tertiary/aromatic N) is 1. The van der Waals surface area contributed by atoms with Gasteiger partial charge in [0.1, 0.15) is 5.60 Å². The molecule has 0 aromatic heterocycles. The molecule has 0 aliphatic heterocycles. The van der Waals surface area contributed by atoms with Gasteiger partial charge in [-0.2, -0.15) is 0 Å². The molecule has 0 radical (unpaired) electrons. The van der Waals surface area contributed by atoms with Gasteiger partial charge in [-0.15, -0.1) is 0 Å². The van der Waals surface area contributed by atoms with Crippen LogP contribution in [0, 0.1) is 0 Å². The van der Waals surface area contributed by atoms with Gasteiger partial charge in [0.05, 0.1) is 6.04 Å². The number of hydrogen-bond acceptors (Lipinski definition) is 3. The quantitative estimate of drug-likeness (QED) is 0.630. The lowest BCUT2D eigenvalue weighted by Crippen LogP contribution is -2.37. The molecule has 0 heterocycles. The second-order valence-electron chi connectivity index (χ2n) is 7.34. The van der Waals surface area contributed by atoms with E-state index in [-0.39, 0.29) is 11.8 Å². The van der Waals surface area contributed by atoms with Crippen LogP contribution in [0.25, 0.3) is 0 Å². The van der Waals surface area contributed by atoms with Crippen molar-refractivity contribution in [1.29, 1.82) is 0 Å². The highest BCUT2D eigenvalue weighted by molar-refractivity contribution is 5.88. The molecule has 1 unspecified atom stereocenters. The summed E-state index contributed by atoms with van der Waals surface area (Å²) in [4.78, 5) is 26.0. The van der Waals surface area contributed by atoms with Crippen LogP contribution in [0.3, 0.4) is 0 Å². The number of benzene rings is 1. The normalized spacial score (nSPS) is 13.3. The zero-order valence-electron chi connectivity index (χ0n) is 16.3. The largest absolute Gasteiger partial charge is 0.444 e. The Morgan fingerprint density at radius 3 is 2.28 bits per heavy atom. The fourth-order valence-corrected chi connectivity index (χ4v) is 2.69. The van der Waals surface area contributed by atoms with E-state index in [1.807, 2.05) is 51.1 Å². The maximum Gasteiger partial charge on any atom is 0.410 e. The van der Waals surface area contributed by atoms with Crippen molar-refractivity contribution in [2.75, 3.05) is 7.05 Å². The molecule has 4 nitrogen and oxygen atoms in total. The van der Waals surface area contributed by atoms with E-state index in [0.29, 0.717) is 0 Å². The van der Waals surface area contributed by atoms with Crippen LogP contribution in [0.15, 0.2) is 42.0 Å². The Kier molecular flexibility index (Phi) is 7.88. The average Bonchev–Trinajstić information content (AvgIpc) is 2.51. The third kappa shape index (κ3) is 7.12. The second kappa shape index (κ2) is 9.40. The van der Waals surface area contributed by atoms with E-state index in [2.05, 4.69) is 6.92 Å². The maximum absolute atomic E-state index is 12.6. The number of amides is 1. The van der Waals surface area contributed by atoms with E-state index in [1.54, 1.807) is 24.9 Å². The Bertz CT molecular complexity index is 599. The van der Waals surface area contributed by atoms with E-state index in [4.69, 9.17) is 4.74 Å². The summed E-state index contributed by atoms with van der Waals surface area (Å²) in [5.74, 6) is -0.00961. The molecule has 1 atom stereocenters. The molecule has 1 amide bonds. The van der Waals surface area contributed by atoms with Crippen LogP contribution in [-0.2, 0) is 9.53 Å². The predicted molar refractivity (Wildman–Crippen MR) is 101 cm³/mol. The molecule has 0 spiro atoms. The van der Waals surface area contributed by atoms with Gasteiger partial charge in [0.25, 0.3) is 0 Å². The highest BCUT2D eigenvalue weighted by Gasteiger charge is 2.29. The Balaban J connectivity index is 3.27. The zero-order valence-corrected chi connectivity index (χ0v) is 16.3. The van der Waals surface area contributed by atoms with Gasteiger partial charge in [0.2, 0.25) is 0 Å². The molecule has 0 N–H and O–H groups in total. The van der Waals surface area contributed by atoms with Crippen molar-refractivity contribution in [3.63, 3.8) is 0 Å². The summed E-state index contributed by atoms with van der Waals surface area (Å²) in [5, 5.41) is 0. The SMILES string of the molecule is CCCC/C(=C\C(C)=O)C(c1ccccc1)N(C)C(=O)OC(C)(C)C. The van der Waals surface area contributed by atoms with Gasteiger partial charge in [-0.05, 0) is 57.7 Å². The summed E-state index contributed by atoms with van der Waals surface area (Å²) in [6, 6.07) is 9.46. The molecule has 0 aliphatic carbocycles. The van der Waals surface area contributed by atoms with Crippen LogP contribution < -0.4 is 0 Å². The van der Waals surface area contributed by atoms with Crippen LogP contribution in [0.2, 0.25) is 0 Å². The molecule has 1 aromatic rings. The van der Waals surface area contributed by atoms with Gasteiger partial charge in [-0.1, -0.05) is 43.7 Å². The van der Waals surface area contributed by atoms with Gasteiger partial charge < -0.3 is 9.64 Å². The Labute approximate surface area is 151 Å². The number of likely N-dealkylation sites (N-methyl/N-ethyl adjacent to an activating group) is 1. The van der Waals surface area contributed by atoms with Gasteiger partial charge in [-0.25, -0.2) is 4.79 Å². The van der Waals surface area contributed by atoms with Crippen LogP contribution >= 0.6 is 0 Å². The lowest BCUT2D eigenvalue weighted by atomic mass is 9.92. The third-order valence-corrected chi connectivity index (χ3v) is 3.74. The summed E-state index contributed by atoms with van der Waals surface area (Å²) >= 11 is 0. The Hall–Kier alpha value is -2.10. The standard InChI is InChI=1S/C21H31NO3/c1-7-8-12-18(15-16(2)23)19(17-13-10-9-11-14-17)22(6)20(24)25-21(3,4)5/h9-11,13-15,19H,7-8,12H2,1-6H3/b18-15+. The fraction of sp³-hybridized carbons (Fsp3) is 0.524. The molecule has 0 saturated heterocycles. The summed E-state index contributed by atoms with van der Waals surface area (Å²) in [6.45, 7) is 9.20. The molecule has 0 saturated carbocycles. The molecule has 0 bridgehead atoms. The van der Waals surface area contributed by atoms with E-state index in [1.165, 1.54) is 0 Å². The van der Waals surface area contributed by atoms with Crippen molar-refractivity contribution >= 4 is 11.9 Å². The third-order valence-electron chi connectivity index (χ3n) is 3.74. The van der Waals surface area contributed by atoms with Crippen molar-refractivity contribution in [2.24, 2.45) is 0 Å². The number of unbranched alkanes of at least 4 members (excludes halogenated alkanes) is 1. The number of ether oxygens (including phenoxy) is 1. The first-order valence-electron chi connectivity index (χ1n) is 8.87. The van der Waals surface area contributed by atoms with Crippen LogP contribution in [-0.4, -0.2) is 29.4 Å². The smallest absolute Gasteiger partial charge is 0.410 e.